The molecule has 2 aliphatic rings. The second-order valence-electron chi connectivity index (χ2n) is 6.06. The molecule has 0 radical (unpaired) electrons. The molecule has 7 heteroatoms. The number of hydrogen-bond donors (Lipinski definition) is 1. The largest absolute Gasteiger partial charge is 0.356 e. The normalized spacial score (nSPS) is 28.2. The van der Waals surface area contributed by atoms with E-state index in [-0.39, 0.29) is 0 Å². The number of hydrogen-bond acceptors (Lipinski definition) is 5. The van der Waals surface area contributed by atoms with Crippen LogP contribution in [-0.2, 0) is 0 Å². The van der Waals surface area contributed by atoms with Crippen molar-refractivity contribution in [2.45, 2.75) is 18.9 Å². The molecule has 21 heavy (non-hydrogen) atoms. The molecule has 2 aromatic heterocycles. The molecule has 1 aliphatic carbocycles. The molecule has 5 nitrogen and oxygen atoms in total. The predicted molar refractivity (Wildman–Crippen MR) is 95.8 cm³/mol. The van der Waals surface area contributed by atoms with Crippen LogP contribution in [0.4, 0.5) is 5.82 Å². The Kier molecular flexibility index (Phi) is 3.74. The Morgan fingerprint density at radius 2 is 2.10 bits per heavy atom. The Morgan fingerprint density at radius 1 is 1.33 bits per heavy atom. The highest BCUT2D eigenvalue weighted by Gasteiger charge is 2.39. The fourth-order valence-corrected chi connectivity index (χ4v) is 5.15. The molecule has 1 N–H and O–H groups in total. The van der Waals surface area contributed by atoms with Crippen molar-refractivity contribution in [3.8, 4) is 0 Å². The van der Waals surface area contributed by atoms with Gasteiger partial charge in [0.05, 0.1) is 5.39 Å². The summed E-state index contributed by atoms with van der Waals surface area (Å²) < 4.78 is 2.09. The zero-order chi connectivity index (χ0) is 14.4. The fraction of sp³-hybridized carbons (Fsp3) is 0.571. The minimum Gasteiger partial charge on any atom is -0.356 e. The number of aromatic nitrogens is 3. The van der Waals surface area contributed by atoms with Gasteiger partial charge >= 0.3 is 0 Å². The van der Waals surface area contributed by atoms with Crippen LogP contribution in [-0.4, -0.2) is 40.1 Å². The second-order valence-corrected chi connectivity index (χ2v) is 7.77. The van der Waals surface area contributed by atoms with Crippen molar-refractivity contribution in [2.24, 2.45) is 11.8 Å². The van der Waals surface area contributed by atoms with Crippen LogP contribution in [0.2, 0.25) is 0 Å². The van der Waals surface area contributed by atoms with Gasteiger partial charge in [-0.1, -0.05) is 0 Å². The van der Waals surface area contributed by atoms with Crippen LogP contribution >= 0.6 is 30.3 Å². The number of nitrogens with one attached hydrogen (secondary N) is 1. The summed E-state index contributed by atoms with van der Waals surface area (Å²) in [6.45, 7) is 2.38. The van der Waals surface area contributed by atoms with Crippen molar-refractivity contribution in [3.05, 3.63) is 18.6 Å². The Balaban J connectivity index is 1.65. The van der Waals surface area contributed by atoms with E-state index in [1.165, 1.54) is 25.9 Å². The topological polar surface area (TPSA) is 46.0 Å². The summed E-state index contributed by atoms with van der Waals surface area (Å²) in [4.78, 5) is 11.4. The van der Waals surface area contributed by atoms with Gasteiger partial charge < -0.3 is 10.2 Å². The molecule has 1 unspecified atom stereocenters. The molecule has 2 fully saturated rings. The van der Waals surface area contributed by atoms with E-state index in [0.717, 1.165) is 28.7 Å². The highest BCUT2D eigenvalue weighted by Crippen LogP contribution is 2.39. The van der Waals surface area contributed by atoms with Crippen LogP contribution in [0.1, 0.15) is 12.8 Å². The minimum atomic E-state index is 0.607. The van der Waals surface area contributed by atoms with E-state index in [9.17, 15) is 0 Å². The molecular formula is C14H18IN5S. The van der Waals surface area contributed by atoms with Crippen LogP contribution in [0.5, 0.6) is 0 Å². The first-order valence-corrected chi connectivity index (χ1v) is 10.6. The first-order chi connectivity index (χ1) is 10.3. The van der Waals surface area contributed by atoms with E-state index in [2.05, 4.69) is 64.7 Å². The van der Waals surface area contributed by atoms with E-state index < -0.39 is 0 Å². The van der Waals surface area contributed by atoms with Gasteiger partial charge in [0, 0.05) is 49.6 Å². The lowest BCUT2D eigenvalue weighted by Crippen LogP contribution is -2.31. The van der Waals surface area contributed by atoms with Crippen LogP contribution in [0, 0.1) is 11.8 Å². The van der Waals surface area contributed by atoms with Crippen molar-refractivity contribution in [3.63, 3.8) is 0 Å². The zero-order valence-corrected chi connectivity index (χ0v) is 14.8. The zero-order valence-electron chi connectivity index (χ0n) is 11.9. The Morgan fingerprint density at radius 3 is 2.81 bits per heavy atom. The Bertz CT molecular complexity index is 648. The molecular weight excluding hydrogens is 397 g/mol. The number of halogens is 1. The summed E-state index contributed by atoms with van der Waals surface area (Å²) in [7, 11) is 3.83. The van der Waals surface area contributed by atoms with Gasteiger partial charge in [0.2, 0.25) is 0 Å². The van der Waals surface area contributed by atoms with Crippen molar-refractivity contribution in [1.82, 2.24) is 19.3 Å². The van der Waals surface area contributed by atoms with E-state index in [0.29, 0.717) is 6.04 Å². The monoisotopic (exact) mass is 415 g/mol. The molecule has 0 bridgehead atoms. The predicted octanol–water partition coefficient (Wildman–Crippen LogP) is 2.71. The van der Waals surface area contributed by atoms with Crippen LogP contribution in [0.15, 0.2) is 18.6 Å². The van der Waals surface area contributed by atoms with Gasteiger partial charge in [0.1, 0.15) is 12.1 Å². The SMILES string of the molecule is CN(c1ncnc2c1ccn2SI)C1C[C@H]2CNC[C@H]2C1. The highest BCUT2D eigenvalue weighted by atomic mass is 127. The molecule has 0 amide bonds. The maximum absolute atomic E-state index is 4.57. The summed E-state index contributed by atoms with van der Waals surface area (Å²) in [5, 5.41) is 4.67. The summed E-state index contributed by atoms with van der Waals surface area (Å²) in [5.74, 6) is 2.77. The third-order valence-electron chi connectivity index (χ3n) is 5.01. The summed E-state index contributed by atoms with van der Waals surface area (Å²) in [6.07, 6.45) is 6.32. The molecule has 0 aromatic carbocycles. The van der Waals surface area contributed by atoms with Crippen molar-refractivity contribution in [2.75, 3.05) is 25.0 Å². The van der Waals surface area contributed by atoms with Gasteiger partial charge in [0.15, 0.2) is 5.65 Å². The summed E-state index contributed by atoms with van der Waals surface area (Å²) in [6, 6.07) is 2.74. The molecule has 0 spiro atoms. The highest BCUT2D eigenvalue weighted by molar-refractivity contribution is 14.2. The fourth-order valence-electron chi connectivity index (χ4n) is 3.87. The Hall–Kier alpha value is -0.540. The molecule has 1 saturated carbocycles. The number of fused-ring (bicyclic) bond motifs is 2. The summed E-state index contributed by atoms with van der Waals surface area (Å²) in [5.41, 5.74) is 1.01. The maximum Gasteiger partial charge on any atom is 0.156 e. The van der Waals surface area contributed by atoms with Gasteiger partial charge in [-0.3, -0.25) is 3.97 Å². The molecule has 1 saturated heterocycles. The van der Waals surface area contributed by atoms with Gasteiger partial charge in [0.25, 0.3) is 0 Å². The standard InChI is InChI=1S/C14H18IN5S/c1-19(11-4-9-6-16-7-10(9)5-11)13-12-2-3-20(21-15)14(12)18-8-17-13/h2-3,8-11,16H,4-7H2,1H3/t9-,10+,11?. The average Bonchev–Trinajstić information content (AvgIpc) is 3.19. The molecule has 1 aliphatic heterocycles. The van der Waals surface area contributed by atoms with E-state index in [1.807, 2.05) is 0 Å². The molecule has 112 valence electrons. The first kappa shape index (κ1) is 14.1. The third-order valence-corrected chi connectivity index (χ3v) is 6.73. The van der Waals surface area contributed by atoms with Gasteiger partial charge in [-0.25, -0.2) is 9.97 Å². The summed E-state index contributed by atoms with van der Waals surface area (Å²) >= 11 is 2.28. The van der Waals surface area contributed by atoms with Crippen molar-refractivity contribution >= 4 is 47.2 Å². The van der Waals surface area contributed by atoms with E-state index in [4.69, 9.17) is 0 Å². The first-order valence-electron chi connectivity index (χ1n) is 7.32. The average molecular weight is 415 g/mol. The van der Waals surface area contributed by atoms with Crippen LogP contribution in [0.25, 0.3) is 11.0 Å². The number of rotatable bonds is 3. The lowest BCUT2D eigenvalue weighted by Gasteiger charge is -2.26. The molecule has 3 heterocycles. The van der Waals surface area contributed by atoms with E-state index >= 15 is 0 Å². The maximum atomic E-state index is 4.57. The van der Waals surface area contributed by atoms with E-state index in [1.54, 1.807) is 15.4 Å². The van der Waals surface area contributed by atoms with Crippen molar-refractivity contribution < 1.29 is 0 Å². The Labute approximate surface area is 140 Å². The third kappa shape index (κ3) is 2.33. The lowest BCUT2D eigenvalue weighted by atomic mass is 10.0. The second kappa shape index (κ2) is 5.58. The molecule has 4 rings (SSSR count). The van der Waals surface area contributed by atoms with Gasteiger partial charge in [-0.15, -0.1) is 0 Å². The minimum absolute atomic E-state index is 0.607. The van der Waals surface area contributed by atoms with Gasteiger partial charge in [-0.2, -0.15) is 0 Å². The number of nitrogens with zero attached hydrogens (tertiary/aromatic N) is 4. The lowest BCUT2D eigenvalue weighted by molar-refractivity contribution is 0.494. The van der Waals surface area contributed by atoms with Crippen molar-refractivity contribution in [1.29, 1.82) is 0 Å². The molecule has 2 aromatic rings. The smallest absolute Gasteiger partial charge is 0.156 e. The van der Waals surface area contributed by atoms with Crippen LogP contribution in [0.3, 0.4) is 0 Å². The van der Waals surface area contributed by atoms with Crippen LogP contribution < -0.4 is 10.2 Å². The molecule has 3 atom stereocenters. The van der Waals surface area contributed by atoms with Gasteiger partial charge in [-0.05, 0) is 43.8 Å². The number of anilines is 1. The quantitative estimate of drug-likeness (QED) is 0.782.